The number of carbonyl (C=O) groups excluding carboxylic acids is 1. The molecule has 0 saturated carbocycles. The third-order valence-corrected chi connectivity index (χ3v) is 6.93. The van der Waals surface area contributed by atoms with Crippen LogP contribution in [0.4, 0.5) is 5.69 Å². The topological polar surface area (TPSA) is 69.7 Å². The molecule has 1 N–H and O–H groups in total. The van der Waals surface area contributed by atoms with Gasteiger partial charge in [-0.1, -0.05) is 29.8 Å². The zero-order valence-corrected chi connectivity index (χ0v) is 17.1. The van der Waals surface area contributed by atoms with Crippen LogP contribution in [-0.4, -0.2) is 57.1 Å². The second-order valence-electron chi connectivity index (χ2n) is 6.65. The van der Waals surface area contributed by atoms with Crippen molar-refractivity contribution in [2.24, 2.45) is 0 Å². The summed E-state index contributed by atoms with van der Waals surface area (Å²) in [6.07, 6.45) is 0.376. The maximum absolute atomic E-state index is 12.6. The van der Waals surface area contributed by atoms with Crippen molar-refractivity contribution in [1.29, 1.82) is 0 Å². The Labute approximate surface area is 171 Å². The summed E-state index contributed by atoms with van der Waals surface area (Å²) in [5.41, 5.74) is 1.62. The third kappa shape index (κ3) is 5.47. The molecular weight excluding hydrogens is 398 g/mol. The van der Waals surface area contributed by atoms with Crippen LogP contribution in [0.2, 0.25) is 5.02 Å². The fourth-order valence-corrected chi connectivity index (χ4v) is 4.77. The van der Waals surface area contributed by atoms with Crippen molar-refractivity contribution in [3.8, 4) is 0 Å². The van der Waals surface area contributed by atoms with E-state index < -0.39 is 10.0 Å². The molecule has 1 fully saturated rings. The standard InChI is InChI=1S/C20H24ClN3O3S/c21-18-9-7-17(8-10-18)20(25)22-11-4-16-28(26,27)24-14-12-23(13-15-24)19-5-2-1-3-6-19/h1-3,5-10H,4,11-16H2,(H,22,25). The van der Waals surface area contributed by atoms with Gasteiger partial charge in [0.25, 0.3) is 5.91 Å². The highest BCUT2D eigenvalue weighted by atomic mass is 35.5. The lowest BCUT2D eigenvalue weighted by atomic mass is 10.2. The molecule has 0 unspecified atom stereocenters. The number of amides is 1. The summed E-state index contributed by atoms with van der Waals surface area (Å²) in [5.74, 6) is -0.204. The third-order valence-electron chi connectivity index (χ3n) is 4.72. The molecule has 0 bridgehead atoms. The number of para-hydroxylation sites is 1. The van der Waals surface area contributed by atoms with Crippen molar-refractivity contribution < 1.29 is 13.2 Å². The summed E-state index contributed by atoms with van der Waals surface area (Å²) >= 11 is 5.80. The fraction of sp³-hybridized carbons (Fsp3) is 0.350. The quantitative estimate of drug-likeness (QED) is 0.698. The van der Waals surface area contributed by atoms with Gasteiger partial charge < -0.3 is 10.2 Å². The van der Waals surface area contributed by atoms with E-state index in [1.807, 2.05) is 30.3 Å². The van der Waals surface area contributed by atoms with Gasteiger partial charge in [-0.2, -0.15) is 4.31 Å². The lowest BCUT2D eigenvalue weighted by Gasteiger charge is -2.35. The van der Waals surface area contributed by atoms with Gasteiger partial charge >= 0.3 is 0 Å². The van der Waals surface area contributed by atoms with Gasteiger partial charge in [0.05, 0.1) is 5.75 Å². The van der Waals surface area contributed by atoms with Crippen LogP contribution in [0.25, 0.3) is 0 Å². The molecule has 1 aliphatic rings. The molecule has 0 aromatic heterocycles. The number of sulfonamides is 1. The van der Waals surface area contributed by atoms with Gasteiger partial charge in [-0.3, -0.25) is 4.79 Å². The van der Waals surface area contributed by atoms with Crippen molar-refractivity contribution in [3.63, 3.8) is 0 Å². The molecule has 0 atom stereocenters. The van der Waals surface area contributed by atoms with Crippen molar-refractivity contribution in [3.05, 3.63) is 65.2 Å². The van der Waals surface area contributed by atoms with E-state index in [1.54, 1.807) is 28.6 Å². The number of carbonyl (C=O) groups is 1. The van der Waals surface area contributed by atoms with Crippen LogP contribution in [0.3, 0.4) is 0 Å². The summed E-state index contributed by atoms with van der Waals surface area (Å²) < 4.78 is 26.7. The normalized spacial score (nSPS) is 15.4. The predicted molar refractivity (Wildman–Crippen MR) is 112 cm³/mol. The van der Waals surface area contributed by atoms with Crippen molar-refractivity contribution in [1.82, 2.24) is 9.62 Å². The largest absolute Gasteiger partial charge is 0.369 e. The van der Waals surface area contributed by atoms with Crippen molar-refractivity contribution in [2.45, 2.75) is 6.42 Å². The molecular formula is C20H24ClN3O3S. The zero-order chi connectivity index (χ0) is 20.0. The molecule has 28 heavy (non-hydrogen) atoms. The second kappa shape index (κ2) is 9.41. The highest BCUT2D eigenvalue weighted by Crippen LogP contribution is 2.17. The van der Waals surface area contributed by atoms with Gasteiger partial charge in [0.1, 0.15) is 0 Å². The summed E-state index contributed by atoms with van der Waals surface area (Å²) in [6.45, 7) is 2.63. The van der Waals surface area contributed by atoms with Crippen molar-refractivity contribution >= 4 is 33.2 Å². The first-order valence-corrected chi connectivity index (χ1v) is 11.3. The van der Waals surface area contributed by atoms with Crippen LogP contribution in [0.5, 0.6) is 0 Å². The first-order chi connectivity index (χ1) is 13.5. The van der Waals surface area contributed by atoms with Gasteiger partial charge in [-0.05, 0) is 42.8 Å². The average Bonchev–Trinajstić information content (AvgIpc) is 2.72. The first kappa shape index (κ1) is 20.6. The Morgan fingerprint density at radius 1 is 0.964 bits per heavy atom. The maximum atomic E-state index is 12.6. The molecule has 2 aromatic rings. The molecule has 6 nitrogen and oxygen atoms in total. The van der Waals surface area contributed by atoms with E-state index in [1.165, 1.54) is 0 Å². The highest BCUT2D eigenvalue weighted by molar-refractivity contribution is 7.89. The minimum Gasteiger partial charge on any atom is -0.369 e. The predicted octanol–water partition coefficient (Wildman–Crippen LogP) is 2.61. The minimum atomic E-state index is -3.32. The second-order valence-corrected chi connectivity index (χ2v) is 9.18. The molecule has 3 rings (SSSR count). The summed E-state index contributed by atoms with van der Waals surface area (Å²) in [6, 6.07) is 16.6. The smallest absolute Gasteiger partial charge is 0.251 e. The lowest BCUT2D eigenvalue weighted by Crippen LogP contribution is -2.49. The van der Waals surface area contributed by atoms with Crippen LogP contribution in [-0.2, 0) is 10.0 Å². The molecule has 0 spiro atoms. The Bertz CT molecular complexity index is 881. The number of rotatable bonds is 7. The monoisotopic (exact) mass is 421 g/mol. The van der Waals surface area contributed by atoms with E-state index >= 15 is 0 Å². The molecule has 150 valence electrons. The van der Waals surface area contributed by atoms with Crippen LogP contribution in [0.1, 0.15) is 16.8 Å². The zero-order valence-electron chi connectivity index (χ0n) is 15.6. The van der Waals surface area contributed by atoms with Gasteiger partial charge in [0.2, 0.25) is 10.0 Å². The van der Waals surface area contributed by atoms with Crippen LogP contribution in [0, 0.1) is 0 Å². The van der Waals surface area contributed by atoms with E-state index in [9.17, 15) is 13.2 Å². The number of hydrogen-bond acceptors (Lipinski definition) is 4. The van der Waals surface area contributed by atoms with E-state index in [4.69, 9.17) is 11.6 Å². The van der Waals surface area contributed by atoms with E-state index in [-0.39, 0.29) is 11.7 Å². The van der Waals surface area contributed by atoms with Gasteiger partial charge in [0, 0.05) is 49.0 Å². The molecule has 1 amide bonds. The van der Waals surface area contributed by atoms with E-state index in [0.717, 1.165) is 5.69 Å². The molecule has 1 heterocycles. The molecule has 8 heteroatoms. The molecule has 1 saturated heterocycles. The molecule has 0 aliphatic carbocycles. The average molecular weight is 422 g/mol. The summed E-state index contributed by atoms with van der Waals surface area (Å²) in [5, 5.41) is 3.31. The minimum absolute atomic E-state index is 0.0270. The van der Waals surface area contributed by atoms with Crippen LogP contribution >= 0.6 is 11.6 Å². The summed E-state index contributed by atoms with van der Waals surface area (Å²) in [7, 11) is -3.32. The van der Waals surface area contributed by atoms with Gasteiger partial charge in [0.15, 0.2) is 0 Å². The number of hydrogen-bond donors (Lipinski definition) is 1. The van der Waals surface area contributed by atoms with E-state index in [0.29, 0.717) is 49.7 Å². The Kier molecular flexibility index (Phi) is 6.93. The highest BCUT2D eigenvalue weighted by Gasteiger charge is 2.26. The fourth-order valence-electron chi connectivity index (χ4n) is 3.15. The molecule has 2 aromatic carbocycles. The number of nitrogens with one attached hydrogen (secondary N) is 1. The maximum Gasteiger partial charge on any atom is 0.251 e. The molecule has 0 radical (unpaired) electrons. The SMILES string of the molecule is O=C(NCCCS(=O)(=O)N1CCN(c2ccccc2)CC1)c1ccc(Cl)cc1. The summed E-state index contributed by atoms with van der Waals surface area (Å²) in [4.78, 5) is 14.2. The first-order valence-electron chi connectivity index (χ1n) is 9.27. The molecule has 1 aliphatic heterocycles. The lowest BCUT2D eigenvalue weighted by molar-refractivity contribution is 0.0953. The van der Waals surface area contributed by atoms with Crippen molar-refractivity contribution in [2.75, 3.05) is 43.4 Å². The number of nitrogens with zero attached hydrogens (tertiary/aromatic N) is 2. The Morgan fingerprint density at radius 3 is 2.25 bits per heavy atom. The number of halogens is 1. The number of piperazine rings is 1. The van der Waals surface area contributed by atoms with Gasteiger partial charge in [-0.25, -0.2) is 8.42 Å². The Balaban J connectivity index is 1.42. The van der Waals surface area contributed by atoms with Gasteiger partial charge in [-0.15, -0.1) is 0 Å². The number of benzene rings is 2. The Hall–Kier alpha value is -2.09. The number of anilines is 1. The van der Waals surface area contributed by atoms with Crippen LogP contribution < -0.4 is 10.2 Å². The van der Waals surface area contributed by atoms with Crippen LogP contribution in [0.15, 0.2) is 54.6 Å². The van der Waals surface area contributed by atoms with E-state index in [2.05, 4.69) is 10.2 Å². The Morgan fingerprint density at radius 2 is 1.61 bits per heavy atom.